The fourth-order valence-electron chi connectivity index (χ4n) is 1.08. The Balaban J connectivity index is 4.47. The highest BCUT2D eigenvalue weighted by Crippen LogP contribution is 2.15. The standard InChI is InChI=1S/C8H17F3N4O/c1-6(4-16-3)13-7(14-12)15(2)5-8(9,10)11/h6H,4-5,12H2,1-3H3,(H,13,14). The maximum atomic E-state index is 12.1. The first-order valence-corrected chi connectivity index (χ1v) is 4.61. The SMILES string of the molecule is COCC(C)N=C(NN)N(C)CC(F)(F)F. The number of hydrogen-bond donors (Lipinski definition) is 2. The van der Waals surface area contributed by atoms with Crippen LogP contribution in [0, 0.1) is 0 Å². The molecule has 0 heterocycles. The Morgan fingerprint density at radius 1 is 1.56 bits per heavy atom. The Morgan fingerprint density at radius 2 is 2.12 bits per heavy atom. The van der Waals surface area contributed by atoms with Crippen LogP contribution in [0.3, 0.4) is 0 Å². The third-order valence-electron chi connectivity index (χ3n) is 1.66. The quantitative estimate of drug-likeness (QED) is 0.323. The summed E-state index contributed by atoms with van der Waals surface area (Å²) in [4.78, 5) is 4.85. The van der Waals surface area contributed by atoms with Crippen molar-refractivity contribution in [2.24, 2.45) is 10.8 Å². The third-order valence-corrected chi connectivity index (χ3v) is 1.66. The van der Waals surface area contributed by atoms with Crippen LogP contribution in [0.4, 0.5) is 13.2 Å². The number of aliphatic imine (C=N–C) groups is 1. The normalized spacial score (nSPS) is 14.8. The summed E-state index contributed by atoms with van der Waals surface area (Å²) in [5.41, 5.74) is 2.13. The molecular formula is C8H17F3N4O. The van der Waals surface area contributed by atoms with Gasteiger partial charge in [0, 0.05) is 14.2 Å². The molecule has 0 spiro atoms. The van der Waals surface area contributed by atoms with Crippen LogP contribution in [-0.2, 0) is 4.74 Å². The number of nitrogens with one attached hydrogen (secondary N) is 1. The van der Waals surface area contributed by atoms with Crippen molar-refractivity contribution in [3.8, 4) is 0 Å². The summed E-state index contributed by atoms with van der Waals surface area (Å²) in [6.45, 7) is 0.906. The molecule has 0 aromatic heterocycles. The summed E-state index contributed by atoms with van der Waals surface area (Å²) < 4.78 is 41.1. The van der Waals surface area contributed by atoms with Gasteiger partial charge in [-0.3, -0.25) is 5.43 Å². The van der Waals surface area contributed by atoms with Crippen molar-refractivity contribution < 1.29 is 17.9 Å². The monoisotopic (exact) mass is 242 g/mol. The zero-order chi connectivity index (χ0) is 12.8. The maximum absolute atomic E-state index is 12.1. The van der Waals surface area contributed by atoms with E-state index in [9.17, 15) is 13.2 Å². The summed E-state index contributed by atoms with van der Waals surface area (Å²) in [6, 6.07) is -0.272. The van der Waals surface area contributed by atoms with Crippen LogP contribution in [0.1, 0.15) is 6.92 Å². The molecule has 0 aromatic carbocycles. The van der Waals surface area contributed by atoms with Gasteiger partial charge in [-0.1, -0.05) is 0 Å². The smallest absolute Gasteiger partial charge is 0.382 e. The minimum atomic E-state index is -4.29. The molecule has 1 atom stereocenters. The van der Waals surface area contributed by atoms with E-state index in [1.807, 2.05) is 0 Å². The lowest BCUT2D eigenvalue weighted by atomic mass is 10.4. The summed E-state index contributed by atoms with van der Waals surface area (Å²) in [7, 11) is 2.74. The molecule has 3 N–H and O–H groups in total. The molecule has 0 aliphatic rings. The fraction of sp³-hybridized carbons (Fsp3) is 0.875. The first kappa shape index (κ1) is 15.0. The lowest BCUT2D eigenvalue weighted by Crippen LogP contribution is -2.47. The Kier molecular flexibility index (Phi) is 6.12. The van der Waals surface area contributed by atoms with Crippen LogP contribution >= 0.6 is 0 Å². The van der Waals surface area contributed by atoms with Gasteiger partial charge < -0.3 is 9.64 Å². The highest BCUT2D eigenvalue weighted by atomic mass is 19.4. The number of nitrogens with two attached hydrogens (primary N) is 1. The summed E-state index contributed by atoms with van der Waals surface area (Å²) in [6.07, 6.45) is -4.29. The first-order valence-electron chi connectivity index (χ1n) is 4.61. The zero-order valence-corrected chi connectivity index (χ0v) is 9.51. The summed E-state index contributed by atoms with van der Waals surface area (Å²) in [5.74, 6) is 5.08. The fourth-order valence-corrected chi connectivity index (χ4v) is 1.08. The molecule has 1 unspecified atom stereocenters. The number of alkyl halides is 3. The topological polar surface area (TPSA) is 62.9 Å². The molecule has 16 heavy (non-hydrogen) atoms. The van der Waals surface area contributed by atoms with Gasteiger partial charge in [0.05, 0.1) is 12.6 Å². The van der Waals surface area contributed by atoms with Gasteiger partial charge in [0.2, 0.25) is 5.96 Å². The van der Waals surface area contributed by atoms with Crippen molar-refractivity contribution in [3.63, 3.8) is 0 Å². The van der Waals surface area contributed by atoms with Crippen LogP contribution in [-0.4, -0.2) is 50.4 Å². The number of nitrogens with zero attached hydrogens (tertiary/aromatic N) is 2. The van der Waals surface area contributed by atoms with E-state index in [1.165, 1.54) is 14.2 Å². The molecule has 0 saturated heterocycles. The van der Waals surface area contributed by atoms with E-state index < -0.39 is 12.7 Å². The predicted octanol–water partition coefficient (Wildman–Crippen LogP) is 0.335. The molecule has 0 rings (SSSR count). The maximum Gasteiger partial charge on any atom is 0.406 e. The molecule has 8 heteroatoms. The Hall–Kier alpha value is -1.02. The molecule has 0 saturated carbocycles. The van der Waals surface area contributed by atoms with Crippen molar-refractivity contribution >= 4 is 5.96 Å². The average Bonchev–Trinajstić information content (AvgIpc) is 2.11. The van der Waals surface area contributed by atoms with Gasteiger partial charge in [-0.25, -0.2) is 10.8 Å². The van der Waals surface area contributed by atoms with Crippen LogP contribution < -0.4 is 11.3 Å². The van der Waals surface area contributed by atoms with Crippen LogP contribution in [0.2, 0.25) is 0 Å². The minimum Gasteiger partial charge on any atom is -0.382 e. The second-order valence-corrected chi connectivity index (χ2v) is 3.37. The molecule has 0 aromatic rings. The predicted molar refractivity (Wildman–Crippen MR) is 54.8 cm³/mol. The van der Waals surface area contributed by atoms with Gasteiger partial charge >= 0.3 is 6.18 Å². The highest BCUT2D eigenvalue weighted by molar-refractivity contribution is 5.79. The van der Waals surface area contributed by atoms with Crippen molar-refractivity contribution in [1.29, 1.82) is 0 Å². The molecule has 0 aliphatic carbocycles. The molecule has 0 aliphatic heterocycles. The lowest BCUT2D eigenvalue weighted by Gasteiger charge is -2.22. The Morgan fingerprint density at radius 3 is 2.50 bits per heavy atom. The van der Waals surface area contributed by atoms with Gasteiger partial charge in [0.25, 0.3) is 0 Å². The van der Waals surface area contributed by atoms with Gasteiger partial charge in [-0.15, -0.1) is 0 Å². The average molecular weight is 242 g/mol. The Labute approximate surface area is 92.4 Å². The molecule has 0 fully saturated rings. The summed E-state index contributed by atoms with van der Waals surface area (Å²) in [5, 5.41) is 0. The van der Waals surface area contributed by atoms with Crippen LogP contribution in [0.25, 0.3) is 0 Å². The molecule has 0 amide bonds. The third kappa shape index (κ3) is 6.46. The number of ether oxygens (including phenoxy) is 1. The van der Waals surface area contributed by atoms with Gasteiger partial charge in [0.15, 0.2) is 0 Å². The van der Waals surface area contributed by atoms with E-state index >= 15 is 0 Å². The number of hydrazine groups is 1. The number of rotatable bonds is 4. The second-order valence-electron chi connectivity index (χ2n) is 3.37. The van der Waals surface area contributed by atoms with E-state index in [1.54, 1.807) is 6.92 Å². The molecule has 0 bridgehead atoms. The number of guanidine groups is 1. The van der Waals surface area contributed by atoms with Crippen LogP contribution in [0.5, 0.6) is 0 Å². The molecular weight excluding hydrogens is 225 g/mol. The number of hydrogen-bond acceptors (Lipinski definition) is 3. The highest BCUT2D eigenvalue weighted by Gasteiger charge is 2.30. The minimum absolute atomic E-state index is 0.0260. The van der Waals surface area contributed by atoms with Gasteiger partial charge in [-0.2, -0.15) is 13.2 Å². The van der Waals surface area contributed by atoms with Gasteiger partial charge in [-0.05, 0) is 6.92 Å². The number of methoxy groups -OCH3 is 1. The molecule has 96 valence electrons. The first-order chi connectivity index (χ1) is 7.30. The van der Waals surface area contributed by atoms with Crippen molar-refractivity contribution in [2.45, 2.75) is 19.1 Å². The zero-order valence-electron chi connectivity index (χ0n) is 9.51. The van der Waals surface area contributed by atoms with Crippen molar-refractivity contribution in [2.75, 3.05) is 27.3 Å². The van der Waals surface area contributed by atoms with Gasteiger partial charge in [0.1, 0.15) is 6.54 Å². The number of halogens is 3. The largest absolute Gasteiger partial charge is 0.406 e. The second kappa shape index (κ2) is 6.54. The van der Waals surface area contributed by atoms with Crippen molar-refractivity contribution in [3.05, 3.63) is 0 Å². The van der Waals surface area contributed by atoms with E-state index in [-0.39, 0.29) is 12.0 Å². The van der Waals surface area contributed by atoms with E-state index in [2.05, 4.69) is 10.4 Å². The van der Waals surface area contributed by atoms with E-state index in [4.69, 9.17) is 10.6 Å². The van der Waals surface area contributed by atoms with Crippen molar-refractivity contribution in [1.82, 2.24) is 10.3 Å². The lowest BCUT2D eigenvalue weighted by molar-refractivity contribution is -0.136. The summed E-state index contributed by atoms with van der Waals surface area (Å²) >= 11 is 0. The Bertz CT molecular complexity index is 232. The molecule has 5 nitrogen and oxygen atoms in total. The van der Waals surface area contributed by atoms with Crippen LogP contribution in [0.15, 0.2) is 4.99 Å². The van der Waals surface area contributed by atoms with E-state index in [0.717, 1.165) is 4.90 Å². The molecule has 0 radical (unpaired) electrons. The van der Waals surface area contributed by atoms with E-state index in [0.29, 0.717) is 6.61 Å².